The highest BCUT2D eigenvalue weighted by molar-refractivity contribution is 9.10. The molecule has 3 nitrogen and oxygen atoms in total. The molecule has 13 heavy (non-hydrogen) atoms. The topological polar surface area (TPSA) is 31.4 Å². The van der Waals surface area contributed by atoms with Gasteiger partial charge in [-0.15, -0.1) is 0 Å². The highest BCUT2D eigenvalue weighted by Gasteiger charge is 1.98. The molecule has 0 saturated carbocycles. The van der Waals surface area contributed by atoms with E-state index in [1.165, 1.54) is 0 Å². The zero-order valence-corrected chi connectivity index (χ0v) is 9.30. The van der Waals surface area contributed by atoms with Crippen LogP contribution in [0.1, 0.15) is 5.69 Å². The predicted octanol–water partition coefficient (Wildman–Crippen LogP) is 2.18. The van der Waals surface area contributed by atoms with Crippen LogP contribution in [0.4, 0.5) is 0 Å². The van der Waals surface area contributed by atoms with Crippen LogP contribution in [0, 0.1) is 6.92 Å². The van der Waals surface area contributed by atoms with E-state index >= 15 is 0 Å². The molecule has 72 valence electrons. The molecule has 1 heterocycles. The molecule has 0 fully saturated rings. The lowest BCUT2D eigenvalue weighted by Crippen LogP contribution is -2.05. The standard InChI is InChI=1S/C9H12BrNO2/c1-7-8(10)3-4-9(11-7)13-6-5-12-2/h3-4H,5-6H2,1-2H3. The van der Waals surface area contributed by atoms with Gasteiger partial charge in [0.05, 0.1) is 12.3 Å². The molecular weight excluding hydrogens is 234 g/mol. The van der Waals surface area contributed by atoms with Crippen LogP contribution in [0.3, 0.4) is 0 Å². The second kappa shape index (κ2) is 5.19. The van der Waals surface area contributed by atoms with Gasteiger partial charge in [0.2, 0.25) is 5.88 Å². The van der Waals surface area contributed by atoms with Gasteiger partial charge in [-0.05, 0) is 28.9 Å². The Bertz CT molecular complexity index is 278. The van der Waals surface area contributed by atoms with E-state index in [-0.39, 0.29) is 0 Å². The Balaban J connectivity index is 2.53. The molecule has 0 amide bonds. The predicted molar refractivity (Wildman–Crippen MR) is 54.0 cm³/mol. The van der Waals surface area contributed by atoms with E-state index in [1.54, 1.807) is 7.11 Å². The zero-order chi connectivity index (χ0) is 9.68. The van der Waals surface area contributed by atoms with E-state index < -0.39 is 0 Å². The molecule has 0 unspecified atom stereocenters. The molecule has 0 saturated heterocycles. The third kappa shape index (κ3) is 3.32. The first-order valence-corrected chi connectivity index (χ1v) is 4.78. The number of methoxy groups -OCH3 is 1. The first-order valence-electron chi connectivity index (χ1n) is 3.99. The first kappa shape index (κ1) is 10.5. The zero-order valence-electron chi connectivity index (χ0n) is 7.71. The summed E-state index contributed by atoms with van der Waals surface area (Å²) >= 11 is 3.37. The van der Waals surface area contributed by atoms with Gasteiger partial charge < -0.3 is 9.47 Å². The molecule has 0 aliphatic carbocycles. The summed E-state index contributed by atoms with van der Waals surface area (Å²) in [5, 5.41) is 0. The Labute approximate surface area is 86.2 Å². The monoisotopic (exact) mass is 245 g/mol. The third-order valence-corrected chi connectivity index (χ3v) is 2.37. The molecule has 0 aromatic carbocycles. The molecule has 1 aromatic heterocycles. The van der Waals surface area contributed by atoms with Gasteiger partial charge in [0.25, 0.3) is 0 Å². The van der Waals surface area contributed by atoms with Crippen molar-refractivity contribution in [3.63, 3.8) is 0 Å². The van der Waals surface area contributed by atoms with Crippen LogP contribution in [0.2, 0.25) is 0 Å². The largest absolute Gasteiger partial charge is 0.475 e. The number of nitrogens with zero attached hydrogens (tertiary/aromatic N) is 1. The van der Waals surface area contributed by atoms with Crippen molar-refractivity contribution in [1.82, 2.24) is 4.98 Å². The minimum Gasteiger partial charge on any atom is -0.475 e. The minimum atomic E-state index is 0.532. The Morgan fingerprint density at radius 1 is 1.38 bits per heavy atom. The molecule has 1 aromatic rings. The minimum absolute atomic E-state index is 0.532. The Morgan fingerprint density at radius 3 is 2.77 bits per heavy atom. The van der Waals surface area contributed by atoms with Crippen molar-refractivity contribution >= 4 is 15.9 Å². The van der Waals surface area contributed by atoms with Crippen molar-refractivity contribution in [2.75, 3.05) is 20.3 Å². The Kier molecular flexibility index (Phi) is 4.18. The Morgan fingerprint density at radius 2 is 2.15 bits per heavy atom. The molecule has 1 rings (SSSR count). The highest BCUT2D eigenvalue weighted by atomic mass is 79.9. The van der Waals surface area contributed by atoms with Crippen molar-refractivity contribution in [3.05, 3.63) is 22.3 Å². The molecule has 0 aliphatic heterocycles. The highest BCUT2D eigenvalue weighted by Crippen LogP contribution is 2.17. The smallest absolute Gasteiger partial charge is 0.213 e. The summed E-state index contributed by atoms with van der Waals surface area (Å²) in [5.41, 5.74) is 0.926. The average molecular weight is 246 g/mol. The lowest BCUT2D eigenvalue weighted by Gasteiger charge is -2.05. The van der Waals surface area contributed by atoms with Crippen LogP contribution >= 0.6 is 15.9 Å². The van der Waals surface area contributed by atoms with Gasteiger partial charge >= 0.3 is 0 Å². The van der Waals surface area contributed by atoms with Gasteiger partial charge in [-0.3, -0.25) is 0 Å². The van der Waals surface area contributed by atoms with Gasteiger partial charge in [-0.1, -0.05) is 0 Å². The number of rotatable bonds is 4. The second-order valence-electron chi connectivity index (χ2n) is 2.56. The molecule has 0 bridgehead atoms. The molecule has 0 atom stereocenters. The van der Waals surface area contributed by atoms with Crippen molar-refractivity contribution in [3.8, 4) is 5.88 Å². The van der Waals surface area contributed by atoms with Gasteiger partial charge in [0.15, 0.2) is 0 Å². The maximum atomic E-state index is 5.33. The first-order chi connectivity index (χ1) is 6.24. The fourth-order valence-corrected chi connectivity index (χ4v) is 1.05. The van der Waals surface area contributed by atoms with Crippen LogP contribution < -0.4 is 4.74 Å². The molecule has 0 N–H and O–H groups in total. The molecule has 0 spiro atoms. The lowest BCUT2D eigenvalue weighted by molar-refractivity contribution is 0.143. The quantitative estimate of drug-likeness (QED) is 0.763. The number of halogens is 1. The van der Waals surface area contributed by atoms with E-state index in [0.29, 0.717) is 19.1 Å². The van der Waals surface area contributed by atoms with Crippen LogP contribution in [0.25, 0.3) is 0 Å². The normalized spacial score (nSPS) is 10.1. The van der Waals surface area contributed by atoms with E-state index in [0.717, 1.165) is 10.2 Å². The SMILES string of the molecule is COCCOc1ccc(Br)c(C)n1. The van der Waals surface area contributed by atoms with Crippen molar-refractivity contribution in [2.45, 2.75) is 6.92 Å². The van der Waals surface area contributed by atoms with E-state index in [9.17, 15) is 0 Å². The average Bonchev–Trinajstić information content (AvgIpc) is 2.12. The summed E-state index contributed by atoms with van der Waals surface area (Å²) in [4.78, 5) is 4.22. The maximum Gasteiger partial charge on any atom is 0.213 e. The van der Waals surface area contributed by atoms with E-state index in [2.05, 4.69) is 20.9 Å². The summed E-state index contributed by atoms with van der Waals surface area (Å²) in [6.07, 6.45) is 0. The number of hydrogen-bond donors (Lipinski definition) is 0. The fourth-order valence-electron chi connectivity index (χ4n) is 0.831. The van der Waals surface area contributed by atoms with E-state index in [1.807, 2.05) is 19.1 Å². The van der Waals surface area contributed by atoms with Gasteiger partial charge in [0.1, 0.15) is 6.61 Å². The molecular formula is C9H12BrNO2. The summed E-state index contributed by atoms with van der Waals surface area (Å²) < 4.78 is 11.2. The third-order valence-electron chi connectivity index (χ3n) is 1.53. The van der Waals surface area contributed by atoms with Gasteiger partial charge in [-0.25, -0.2) is 4.98 Å². The summed E-state index contributed by atoms with van der Waals surface area (Å²) in [5.74, 6) is 0.637. The second-order valence-corrected chi connectivity index (χ2v) is 3.41. The lowest BCUT2D eigenvalue weighted by atomic mass is 10.4. The number of pyridine rings is 1. The van der Waals surface area contributed by atoms with Crippen molar-refractivity contribution in [1.29, 1.82) is 0 Å². The van der Waals surface area contributed by atoms with Crippen LogP contribution in [-0.2, 0) is 4.74 Å². The number of aromatic nitrogens is 1. The van der Waals surface area contributed by atoms with Crippen LogP contribution in [-0.4, -0.2) is 25.3 Å². The summed E-state index contributed by atoms with van der Waals surface area (Å²) in [7, 11) is 1.64. The molecule has 0 radical (unpaired) electrons. The summed E-state index contributed by atoms with van der Waals surface area (Å²) in [6.45, 7) is 3.04. The summed E-state index contributed by atoms with van der Waals surface area (Å²) in [6, 6.07) is 3.75. The number of hydrogen-bond acceptors (Lipinski definition) is 3. The van der Waals surface area contributed by atoms with Gasteiger partial charge in [0, 0.05) is 17.6 Å². The Hall–Kier alpha value is -0.610. The number of aryl methyl sites for hydroxylation is 1. The van der Waals surface area contributed by atoms with Gasteiger partial charge in [-0.2, -0.15) is 0 Å². The fraction of sp³-hybridized carbons (Fsp3) is 0.444. The molecule has 0 aliphatic rings. The van der Waals surface area contributed by atoms with Crippen LogP contribution in [0.15, 0.2) is 16.6 Å². The van der Waals surface area contributed by atoms with Crippen molar-refractivity contribution in [2.24, 2.45) is 0 Å². The van der Waals surface area contributed by atoms with E-state index in [4.69, 9.17) is 9.47 Å². The molecule has 4 heteroatoms. The number of ether oxygens (including phenoxy) is 2. The van der Waals surface area contributed by atoms with Crippen LogP contribution in [0.5, 0.6) is 5.88 Å². The van der Waals surface area contributed by atoms with Crippen molar-refractivity contribution < 1.29 is 9.47 Å². The maximum absolute atomic E-state index is 5.33.